The standard InChI is InChI=1S/C9H16N2O2/c1-7-3-2-4-10(7)6-8-5-9(8)11(12)13/h7-9H,2-6H2,1H3/t7-,8+,9-/m0/s1. The van der Waals surface area contributed by atoms with E-state index < -0.39 is 0 Å². The van der Waals surface area contributed by atoms with Gasteiger partial charge in [-0.25, -0.2) is 0 Å². The molecule has 0 spiro atoms. The molecule has 1 aliphatic heterocycles. The summed E-state index contributed by atoms with van der Waals surface area (Å²) in [5, 5.41) is 10.4. The second kappa shape index (κ2) is 3.25. The van der Waals surface area contributed by atoms with Gasteiger partial charge in [0.2, 0.25) is 6.04 Å². The molecule has 4 heteroatoms. The van der Waals surface area contributed by atoms with Gasteiger partial charge in [-0.15, -0.1) is 0 Å². The molecule has 1 heterocycles. The Morgan fingerprint density at radius 3 is 2.85 bits per heavy atom. The van der Waals surface area contributed by atoms with Crippen LogP contribution in [-0.4, -0.2) is 35.0 Å². The van der Waals surface area contributed by atoms with Crippen molar-refractivity contribution in [3.8, 4) is 0 Å². The Morgan fingerprint density at radius 1 is 1.62 bits per heavy atom. The first-order valence-electron chi connectivity index (χ1n) is 5.06. The van der Waals surface area contributed by atoms with Gasteiger partial charge < -0.3 is 4.90 Å². The number of nitrogens with zero attached hydrogens (tertiary/aromatic N) is 2. The third kappa shape index (κ3) is 1.82. The predicted octanol–water partition coefficient (Wildman–Crippen LogP) is 1.14. The average Bonchev–Trinajstić information content (AvgIpc) is 2.72. The van der Waals surface area contributed by atoms with E-state index in [1.165, 1.54) is 12.8 Å². The lowest BCUT2D eigenvalue weighted by Gasteiger charge is -2.19. The molecule has 2 aliphatic rings. The van der Waals surface area contributed by atoms with E-state index in [9.17, 15) is 10.1 Å². The molecule has 3 atom stereocenters. The van der Waals surface area contributed by atoms with Crippen LogP contribution in [0.3, 0.4) is 0 Å². The first-order chi connectivity index (χ1) is 6.18. The normalized spacial score (nSPS) is 39.3. The number of likely N-dealkylation sites (tertiary alicyclic amines) is 1. The summed E-state index contributed by atoms with van der Waals surface area (Å²) in [7, 11) is 0. The van der Waals surface area contributed by atoms with Crippen LogP contribution in [0, 0.1) is 16.0 Å². The summed E-state index contributed by atoms with van der Waals surface area (Å²) in [5.74, 6) is 0.343. The van der Waals surface area contributed by atoms with Crippen molar-refractivity contribution in [2.45, 2.75) is 38.3 Å². The third-order valence-electron chi connectivity index (χ3n) is 3.32. The third-order valence-corrected chi connectivity index (χ3v) is 3.32. The van der Waals surface area contributed by atoms with Gasteiger partial charge in [-0.2, -0.15) is 0 Å². The molecule has 1 saturated heterocycles. The van der Waals surface area contributed by atoms with E-state index in [-0.39, 0.29) is 11.0 Å². The molecule has 0 radical (unpaired) electrons. The number of hydrogen-bond donors (Lipinski definition) is 0. The maximum Gasteiger partial charge on any atom is 0.218 e. The summed E-state index contributed by atoms with van der Waals surface area (Å²) >= 11 is 0. The molecular weight excluding hydrogens is 168 g/mol. The molecule has 0 unspecified atom stereocenters. The van der Waals surface area contributed by atoms with Crippen LogP contribution in [-0.2, 0) is 0 Å². The summed E-state index contributed by atoms with van der Waals surface area (Å²) in [4.78, 5) is 12.7. The zero-order valence-corrected chi connectivity index (χ0v) is 7.98. The molecule has 2 rings (SSSR count). The quantitative estimate of drug-likeness (QED) is 0.488. The van der Waals surface area contributed by atoms with Crippen LogP contribution in [0.2, 0.25) is 0 Å². The number of nitro groups is 1. The van der Waals surface area contributed by atoms with Crippen LogP contribution in [0.1, 0.15) is 26.2 Å². The lowest BCUT2D eigenvalue weighted by atomic mass is 10.2. The molecule has 0 aromatic rings. The summed E-state index contributed by atoms with van der Waals surface area (Å²) in [6.45, 7) is 4.31. The Bertz CT molecular complexity index is 220. The Morgan fingerprint density at radius 2 is 2.38 bits per heavy atom. The molecule has 4 nitrogen and oxygen atoms in total. The van der Waals surface area contributed by atoms with E-state index in [1.54, 1.807) is 0 Å². The van der Waals surface area contributed by atoms with E-state index in [2.05, 4.69) is 11.8 Å². The van der Waals surface area contributed by atoms with E-state index in [0.29, 0.717) is 12.0 Å². The molecule has 0 aromatic heterocycles. The highest BCUT2D eigenvalue weighted by molar-refractivity contribution is 4.91. The number of rotatable bonds is 3. The highest BCUT2D eigenvalue weighted by atomic mass is 16.6. The lowest BCUT2D eigenvalue weighted by Crippen LogP contribution is -2.30. The second-order valence-corrected chi connectivity index (χ2v) is 4.33. The molecule has 1 aliphatic carbocycles. The second-order valence-electron chi connectivity index (χ2n) is 4.33. The maximum absolute atomic E-state index is 10.4. The molecule has 74 valence electrons. The Balaban J connectivity index is 1.77. The fourth-order valence-corrected chi connectivity index (χ4v) is 2.25. The van der Waals surface area contributed by atoms with Crippen molar-refractivity contribution in [2.24, 2.45) is 5.92 Å². The SMILES string of the molecule is C[C@H]1CCCN1C[C@H]1C[C@@H]1[N+](=O)[O-]. The molecule has 0 amide bonds. The molecular formula is C9H16N2O2. The fraction of sp³-hybridized carbons (Fsp3) is 1.00. The Labute approximate surface area is 78.1 Å². The summed E-state index contributed by atoms with van der Waals surface area (Å²) in [6, 6.07) is 0.417. The van der Waals surface area contributed by atoms with Gasteiger partial charge in [0.05, 0.1) is 0 Å². The summed E-state index contributed by atoms with van der Waals surface area (Å²) in [6.07, 6.45) is 3.32. The van der Waals surface area contributed by atoms with Gasteiger partial charge in [-0.05, 0) is 26.3 Å². The van der Waals surface area contributed by atoms with Crippen LogP contribution in [0.15, 0.2) is 0 Å². The lowest BCUT2D eigenvalue weighted by molar-refractivity contribution is -0.498. The smallest absolute Gasteiger partial charge is 0.218 e. The minimum absolute atomic E-state index is 0.120. The number of hydrogen-bond acceptors (Lipinski definition) is 3. The Kier molecular flexibility index (Phi) is 2.24. The van der Waals surface area contributed by atoms with Crippen molar-refractivity contribution in [2.75, 3.05) is 13.1 Å². The van der Waals surface area contributed by atoms with Gasteiger partial charge in [0, 0.05) is 29.8 Å². The average molecular weight is 184 g/mol. The van der Waals surface area contributed by atoms with Gasteiger partial charge in [-0.1, -0.05) is 0 Å². The molecule has 1 saturated carbocycles. The van der Waals surface area contributed by atoms with Gasteiger partial charge in [-0.3, -0.25) is 10.1 Å². The molecule has 0 N–H and O–H groups in total. The first-order valence-corrected chi connectivity index (χ1v) is 5.06. The molecule has 0 bridgehead atoms. The maximum atomic E-state index is 10.4. The van der Waals surface area contributed by atoms with Crippen molar-refractivity contribution in [3.05, 3.63) is 10.1 Å². The minimum atomic E-state index is -0.229. The van der Waals surface area contributed by atoms with Crippen molar-refractivity contribution < 1.29 is 4.92 Å². The van der Waals surface area contributed by atoms with Gasteiger partial charge in [0.15, 0.2) is 0 Å². The fourth-order valence-electron chi connectivity index (χ4n) is 2.25. The molecule has 0 aromatic carbocycles. The molecule has 13 heavy (non-hydrogen) atoms. The van der Waals surface area contributed by atoms with Crippen molar-refractivity contribution in [1.82, 2.24) is 4.90 Å². The molecule has 2 fully saturated rings. The zero-order valence-electron chi connectivity index (χ0n) is 7.98. The van der Waals surface area contributed by atoms with Crippen molar-refractivity contribution in [3.63, 3.8) is 0 Å². The van der Waals surface area contributed by atoms with E-state index in [0.717, 1.165) is 19.5 Å². The van der Waals surface area contributed by atoms with Crippen molar-refractivity contribution in [1.29, 1.82) is 0 Å². The van der Waals surface area contributed by atoms with Gasteiger partial charge in [0.1, 0.15) is 0 Å². The topological polar surface area (TPSA) is 46.4 Å². The van der Waals surface area contributed by atoms with E-state index in [4.69, 9.17) is 0 Å². The highest BCUT2D eigenvalue weighted by Crippen LogP contribution is 2.35. The van der Waals surface area contributed by atoms with Crippen LogP contribution >= 0.6 is 0 Å². The Hall–Kier alpha value is -0.640. The highest BCUT2D eigenvalue weighted by Gasteiger charge is 2.49. The van der Waals surface area contributed by atoms with Crippen LogP contribution in [0.5, 0.6) is 0 Å². The van der Waals surface area contributed by atoms with E-state index in [1.807, 2.05) is 0 Å². The van der Waals surface area contributed by atoms with Crippen LogP contribution in [0.4, 0.5) is 0 Å². The van der Waals surface area contributed by atoms with Gasteiger partial charge in [0.25, 0.3) is 0 Å². The van der Waals surface area contributed by atoms with Crippen molar-refractivity contribution >= 4 is 0 Å². The first kappa shape index (κ1) is 8.94. The zero-order chi connectivity index (χ0) is 9.42. The summed E-state index contributed by atoms with van der Waals surface area (Å²) in [5.41, 5.74) is 0. The van der Waals surface area contributed by atoms with E-state index >= 15 is 0 Å². The summed E-state index contributed by atoms with van der Waals surface area (Å²) < 4.78 is 0. The van der Waals surface area contributed by atoms with Gasteiger partial charge >= 0.3 is 0 Å². The predicted molar refractivity (Wildman–Crippen MR) is 49.2 cm³/mol. The minimum Gasteiger partial charge on any atom is -0.300 e. The van der Waals surface area contributed by atoms with Crippen LogP contribution in [0.25, 0.3) is 0 Å². The van der Waals surface area contributed by atoms with Crippen LogP contribution < -0.4 is 0 Å². The largest absolute Gasteiger partial charge is 0.300 e. The monoisotopic (exact) mass is 184 g/mol.